The van der Waals surface area contributed by atoms with Crippen LogP contribution >= 0.6 is 0 Å². The summed E-state index contributed by atoms with van der Waals surface area (Å²) in [4.78, 5) is 11.9. The largest absolute Gasteiger partial charge is 0.280 e. The summed E-state index contributed by atoms with van der Waals surface area (Å²) in [5.74, 6) is 0.168. The van der Waals surface area contributed by atoms with E-state index in [9.17, 15) is 4.79 Å². The smallest absolute Gasteiger partial charge is 0.235 e. The van der Waals surface area contributed by atoms with Crippen molar-refractivity contribution >= 4 is 22.9 Å². The van der Waals surface area contributed by atoms with Crippen molar-refractivity contribution in [2.24, 2.45) is 0 Å². The van der Waals surface area contributed by atoms with Gasteiger partial charge in [-0.15, -0.1) is 0 Å². The summed E-state index contributed by atoms with van der Waals surface area (Å²) in [6, 6.07) is 6.13. The third-order valence-electron chi connectivity index (χ3n) is 3.31. The first-order valence-corrected chi connectivity index (χ1v) is 5.50. The van der Waals surface area contributed by atoms with Crippen LogP contribution in [-0.4, -0.2) is 10.5 Å². The first kappa shape index (κ1) is 9.40. The molecule has 1 aromatic carbocycles. The molecule has 1 aliphatic rings. The molecule has 0 saturated heterocycles. The lowest BCUT2D eigenvalue weighted by Crippen LogP contribution is -2.13. The third kappa shape index (κ3) is 1.04. The molecule has 0 bridgehead atoms. The summed E-state index contributed by atoms with van der Waals surface area (Å²) in [7, 11) is 0. The van der Waals surface area contributed by atoms with Gasteiger partial charge in [-0.05, 0) is 37.1 Å². The Bertz CT molecular complexity index is 632. The average molecular weight is 211 g/mol. The van der Waals surface area contributed by atoms with Gasteiger partial charge in [0.05, 0.1) is 11.2 Å². The highest BCUT2D eigenvalue weighted by Gasteiger charge is 2.19. The molecule has 1 aromatic heterocycles. The van der Waals surface area contributed by atoms with Crippen LogP contribution in [0.4, 0.5) is 0 Å². The molecule has 0 fully saturated rings. The molecule has 0 spiro atoms. The van der Waals surface area contributed by atoms with Crippen molar-refractivity contribution in [3.8, 4) is 0 Å². The SMILES string of the molecule is Cc1cccc2c1c(C)c1n2C(=O)CC=C1. The first-order chi connectivity index (χ1) is 7.70. The second kappa shape index (κ2) is 3.08. The van der Waals surface area contributed by atoms with Gasteiger partial charge in [0.25, 0.3) is 0 Å². The maximum absolute atomic E-state index is 11.9. The van der Waals surface area contributed by atoms with Gasteiger partial charge in [-0.2, -0.15) is 0 Å². The molecule has 2 nitrogen and oxygen atoms in total. The number of allylic oxidation sites excluding steroid dienone is 1. The molecule has 0 saturated carbocycles. The number of aryl methyl sites for hydroxylation is 2. The van der Waals surface area contributed by atoms with Gasteiger partial charge < -0.3 is 0 Å². The number of hydrogen-bond acceptors (Lipinski definition) is 1. The number of aromatic nitrogens is 1. The van der Waals surface area contributed by atoms with Gasteiger partial charge in [0.1, 0.15) is 0 Å². The molecule has 0 amide bonds. The van der Waals surface area contributed by atoms with E-state index >= 15 is 0 Å². The Morgan fingerprint density at radius 1 is 1.25 bits per heavy atom. The molecular weight excluding hydrogens is 198 g/mol. The molecule has 1 aliphatic heterocycles. The number of carbonyl (C=O) groups is 1. The Morgan fingerprint density at radius 2 is 2.06 bits per heavy atom. The van der Waals surface area contributed by atoms with Crippen molar-refractivity contribution in [2.75, 3.05) is 0 Å². The van der Waals surface area contributed by atoms with Gasteiger partial charge in [-0.1, -0.05) is 18.2 Å². The van der Waals surface area contributed by atoms with Crippen LogP contribution in [0.2, 0.25) is 0 Å². The zero-order valence-corrected chi connectivity index (χ0v) is 9.45. The Labute approximate surface area is 94.2 Å². The predicted molar refractivity (Wildman–Crippen MR) is 65.7 cm³/mol. The van der Waals surface area contributed by atoms with Gasteiger partial charge in [0.15, 0.2) is 0 Å². The summed E-state index contributed by atoms with van der Waals surface area (Å²) in [5, 5.41) is 1.22. The highest BCUT2D eigenvalue weighted by Crippen LogP contribution is 2.31. The molecule has 80 valence electrons. The van der Waals surface area contributed by atoms with Gasteiger partial charge in [0.2, 0.25) is 5.91 Å². The quantitative estimate of drug-likeness (QED) is 0.655. The van der Waals surface area contributed by atoms with Crippen LogP contribution in [0.3, 0.4) is 0 Å². The molecule has 2 aromatic rings. The highest BCUT2D eigenvalue weighted by atomic mass is 16.2. The summed E-state index contributed by atoms with van der Waals surface area (Å²) >= 11 is 0. The standard InChI is InChI=1S/C14H13NO/c1-9-5-3-7-12-14(9)10(2)11-6-4-8-13(16)15(11)12/h3-7H,8H2,1-2H3. The minimum Gasteiger partial charge on any atom is -0.280 e. The number of carbonyl (C=O) groups excluding carboxylic acids is 1. The number of benzene rings is 1. The van der Waals surface area contributed by atoms with Crippen molar-refractivity contribution in [1.29, 1.82) is 0 Å². The fraction of sp³-hybridized carbons (Fsp3) is 0.214. The zero-order chi connectivity index (χ0) is 11.3. The van der Waals surface area contributed by atoms with Crippen molar-refractivity contribution in [3.63, 3.8) is 0 Å². The van der Waals surface area contributed by atoms with Crippen molar-refractivity contribution < 1.29 is 4.79 Å². The number of nitrogens with zero attached hydrogens (tertiary/aromatic N) is 1. The first-order valence-electron chi connectivity index (χ1n) is 5.50. The van der Waals surface area contributed by atoms with Gasteiger partial charge >= 0.3 is 0 Å². The number of rotatable bonds is 0. The Balaban J connectivity index is 2.55. The lowest BCUT2D eigenvalue weighted by atomic mass is 10.1. The lowest BCUT2D eigenvalue weighted by Gasteiger charge is -2.09. The summed E-state index contributed by atoms with van der Waals surface area (Å²) < 4.78 is 1.84. The fourth-order valence-electron chi connectivity index (χ4n) is 2.58. The second-order valence-corrected chi connectivity index (χ2v) is 4.31. The van der Waals surface area contributed by atoms with Crippen LogP contribution < -0.4 is 0 Å². The van der Waals surface area contributed by atoms with Crippen molar-refractivity contribution in [1.82, 2.24) is 4.57 Å². The van der Waals surface area contributed by atoms with E-state index in [0.717, 1.165) is 11.2 Å². The minimum absolute atomic E-state index is 0.168. The van der Waals surface area contributed by atoms with E-state index in [1.54, 1.807) is 0 Å². The monoisotopic (exact) mass is 211 g/mol. The van der Waals surface area contributed by atoms with Gasteiger partial charge in [-0.25, -0.2) is 0 Å². The topological polar surface area (TPSA) is 22.0 Å². The molecule has 0 radical (unpaired) electrons. The van der Waals surface area contributed by atoms with Crippen LogP contribution in [0.5, 0.6) is 0 Å². The van der Waals surface area contributed by atoms with E-state index in [4.69, 9.17) is 0 Å². The Hall–Kier alpha value is -1.83. The van der Waals surface area contributed by atoms with Crippen LogP contribution in [-0.2, 0) is 0 Å². The van der Waals surface area contributed by atoms with Crippen LogP contribution in [0.15, 0.2) is 24.3 Å². The molecule has 2 heterocycles. The summed E-state index contributed by atoms with van der Waals surface area (Å²) in [6.45, 7) is 4.18. The zero-order valence-electron chi connectivity index (χ0n) is 9.45. The predicted octanol–water partition coefficient (Wildman–Crippen LogP) is 3.32. The van der Waals surface area contributed by atoms with Gasteiger partial charge in [-0.3, -0.25) is 9.36 Å². The fourth-order valence-corrected chi connectivity index (χ4v) is 2.58. The van der Waals surface area contributed by atoms with E-state index in [0.29, 0.717) is 6.42 Å². The van der Waals surface area contributed by atoms with Crippen LogP contribution in [0, 0.1) is 13.8 Å². The molecule has 0 unspecified atom stereocenters. The number of fused-ring (bicyclic) bond motifs is 3. The normalized spacial score (nSPS) is 14.5. The van der Waals surface area contributed by atoms with E-state index in [1.165, 1.54) is 16.5 Å². The molecular formula is C14H13NO. The molecule has 2 heteroatoms. The second-order valence-electron chi connectivity index (χ2n) is 4.31. The van der Waals surface area contributed by atoms with Crippen molar-refractivity contribution in [2.45, 2.75) is 20.3 Å². The van der Waals surface area contributed by atoms with E-state index < -0.39 is 0 Å². The van der Waals surface area contributed by atoms with Crippen LogP contribution in [0.25, 0.3) is 17.0 Å². The highest BCUT2D eigenvalue weighted by molar-refractivity contribution is 6.01. The minimum atomic E-state index is 0.168. The molecule has 0 aliphatic carbocycles. The average Bonchev–Trinajstić information content (AvgIpc) is 2.56. The van der Waals surface area contributed by atoms with Crippen molar-refractivity contribution in [3.05, 3.63) is 41.1 Å². The summed E-state index contributed by atoms with van der Waals surface area (Å²) in [5.41, 5.74) is 4.53. The maximum atomic E-state index is 11.9. The van der Waals surface area contributed by atoms with Crippen LogP contribution in [0.1, 0.15) is 28.0 Å². The maximum Gasteiger partial charge on any atom is 0.235 e. The molecule has 3 rings (SSSR count). The summed E-state index contributed by atoms with van der Waals surface area (Å²) in [6.07, 6.45) is 4.50. The molecule has 0 N–H and O–H groups in total. The van der Waals surface area contributed by atoms with Gasteiger partial charge in [0, 0.05) is 11.8 Å². The Morgan fingerprint density at radius 3 is 2.88 bits per heavy atom. The molecule has 0 atom stereocenters. The lowest BCUT2D eigenvalue weighted by molar-refractivity contribution is 0.0919. The third-order valence-corrected chi connectivity index (χ3v) is 3.31. The van der Waals surface area contributed by atoms with E-state index in [-0.39, 0.29) is 5.91 Å². The molecule has 16 heavy (non-hydrogen) atoms. The Kier molecular flexibility index (Phi) is 1.81. The van der Waals surface area contributed by atoms with E-state index in [2.05, 4.69) is 26.0 Å². The van der Waals surface area contributed by atoms with E-state index in [1.807, 2.05) is 22.8 Å². The number of hydrogen-bond donors (Lipinski definition) is 0.